The average molecular weight is 396 g/mol. The van der Waals surface area contributed by atoms with E-state index in [9.17, 15) is 9.59 Å². The smallest absolute Gasteiger partial charge is 0.337 e. The van der Waals surface area contributed by atoms with Crippen LogP contribution in [0.1, 0.15) is 20.7 Å². The van der Waals surface area contributed by atoms with Crippen LogP contribution in [0.4, 0.5) is 17.2 Å². The quantitative estimate of drug-likeness (QED) is 0.642. The normalized spacial score (nSPS) is 10.2. The second-order valence-corrected chi connectivity index (χ2v) is 6.34. The molecule has 6 nitrogen and oxygen atoms in total. The van der Waals surface area contributed by atoms with E-state index in [1.165, 1.54) is 25.3 Å². The van der Waals surface area contributed by atoms with Gasteiger partial charge in [-0.3, -0.25) is 4.79 Å². The minimum Gasteiger partial charge on any atom is -0.465 e. The van der Waals surface area contributed by atoms with Gasteiger partial charge in [-0.05, 0) is 42.5 Å². The third-order valence-corrected chi connectivity index (χ3v) is 4.46. The van der Waals surface area contributed by atoms with Gasteiger partial charge in [0.25, 0.3) is 5.91 Å². The first kappa shape index (κ1) is 19.4. The summed E-state index contributed by atoms with van der Waals surface area (Å²) in [5, 5.41) is 3.04. The van der Waals surface area contributed by atoms with E-state index < -0.39 is 5.97 Å². The molecule has 0 fully saturated rings. The van der Waals surface area contributed by atoms with Crippen molar-refractivity contribution in [1.29, 1.82) is 0 Å². The van der Waals surface area contributed by atoms with Crippen LogP contribution in [0.2, 0.25) is 5.02 Å². The predicted molar refractivity (Wildman–Crippen MR) is 109 cm³/mol. The first-order valence-electron chi connectivity index (χ1n) is 8.43. The van der Waals surface area contributed by atoms with Crippen LogP contribution in [-0.2, 0) is 4.74 Å². The highest BCUT2D eigenvalue weighted by Gasteiger charge is 2.14. The summed E-state index contributed by atoms with van der Waals surface area (Å²) in [6.07, 6.45) is 1.57. The van der Waals surface area contributed by atoms with Crippen molar-refractivity contribution in [3.63, 3.8) is 0 Å². The van der Waals surface area contributed by atoms with Crippen molar-refractivity contribution in [1.82, 2.24) is 4.98 Å². The minimum atomic E-state index is -0.511. The zero-order chi connectivity index (χ0) is 20.1. The Hall–Kier alpha value is -3.38. The number of para-hydroxylation sites is 1. The zero-order valence-corrected chi connectivity index (χ0v) is 16.1. The van der Waals surface area contributed by atoms with Crippen molar-refractivity contribution in [2.75, 3.05) is 24.4 Å². The molecule has 0 spiro atoms. The average Bonchev–Trinajstić information content (AvgIpc) is 2.74. The number of pyridine rings is 1. The van der Waals surface area contributed by atoms with E-state index in [1.54, 1.807) is 18.3 Å². The van der Waals surface area contributed by atoms with E-state index in [0.29, 0.717) is 27.7 Å². The largest absolute Gasteiger partial charge is 0.465 e. The number of amides is 1. The molecular weight excluding hydrogens is 378 g/mol. The van der Waals surface area contributed by atoms with Gasteiger partial charge in [0.1, 0.15) is 5.82 Å². The first-order chi connectivity index (χ1) is 13.5. The second-order valence-electron chi connectivity index (χ2n) is 5.94. The highest BCUT2D eigenvalue weighted by Crippen LogP contribution is 2.25. The van der Waals surface area contributed by atoms with E-state index in [-0.39, 0.29) is 5.91 Å². The minimum absolute atomic E-state index is 0.293. The predicted octanol–water partition coefficient (Wildman–Crippen LogP) is 4.54. The number of anilines is 3. The summed E-state index contributed by atoms with van der Waals surface area (Å²) in [6, 6.07) is 17.5. The van der Waals surface area contributed by atoms with Gasteiger partial charge in [-0.1, -0.05) is 29.8 Å². The number of esters is 1. The van der Waals surface area contributed by atoms with Gasteiger partial charge < -0.3 is 15.0 Å². The van der Waals surface area contributed by atoms with Crippen molar-refractivity contribution in [2.45, 2.75) is 0 Å². The van der Waals surface area contributed by atoms with Crippen LogP contribution in [0.3, 0.4) is 0 Å². The van der Waals surface area contributed by atoms with Gasteiger partial charge in [-0.2, -0.15) is 0 Å². The lowest BCUT2D eigenvalue weighted by Crippen LogP contribution is -2.16. The van der Waals surface area contributed by atoms with Gasteiger partial charge in [-0.25, -0.2) is 9.78 Å². The molecule has 142 valence electrons. The molecule has 0 aliphatic carbocycles. The Labute approximate surface area is 167 Å². The zero-order valence-electron chi connectivity index (χ0n) is 15.3. The molecule has 7 heteroatoms. The maximum absolute atomic E-state index is 12.7. The molecule has 1 aromatic heterocycles. The Morgan fingerprint density at radius 1 is 1.04 bits per heavy atom. The van der Waals surface area contributed by atoms with Crippen LogP contribution in [0, 0.1) is 0 Å². The van der Waals surface area contributed by atoms with Crippen molar-refractivity contribution >= 4 is 40.7 Å². The Balaban J connectivity index is 1.83. The molecule has 0 aliphatic heterocycles. The summed E-state index contributed by atoms with van der Waals surface area (Å²) in [6.45, 7) is 0. The number of nitrogens with one attached hydrogen (secondary N) is 1. The monoisotopic (exact) mass is 395 g/mol. The summed E-state index contributed by atoms with van der Waals surface area (Å²) in [4.78, 5) is 30.6. The van der Waals surface area contributed by atoms with Crippen LogP contribution in [0.5, 0.6) is 0 Å². The molecule has 28 heavy (non-hydrogen) atoms. The van der Waals surface area contributed by atoms with E-state index >= 15 is 0 Å². The number of ether oxygens (including phenoxy) is 1. The lowest BCUT2D eigenvalue weighted by molar-refractivity contribution is 0.0600. The third-order valence-electron chi connectivity index (χ3n) is 4.13. The fourth-order valence-corrected chi connectivity index (χ4v) is 2.75. The van der Waals surface area contributed by atoms with E-state index in [1.807, 2.05) is 42.3 Å². The number of aromatic nitrogens is 1. The molecule has 3 rings (SSSR count). The molecule has 1 N–H and O–H groups in total. The summed E-state index contributed by atoms with van der Waals surface area (Å²) >= 11 is 6.15. The first-order valence-corrected chi connectivity index (χ1v) is 8.81. The van der Waals surface area contributed by atoms with Crippen molar-refractivity contribution in [3.05, 3.63) is 83.0 Å². The molecule has 0 aliphatic rings. The van der Waals surface area contributed by atoms with Crippen molar-refractivity contribution < 1.29 is 14.3 Å². The van der Waals surface area contributed by atoms with Gasteiger partial charge in [0.2, 0.25) is 0 Å². The summed E-state index contributed by atoms with van der Waals surface area (Å²) in [7, 11) is 3.16. The number of methoxy groups -OCH3 is 1. The van der Waals surface area contributed by atoms with Gasteiger partial charge in [0.15, 0.2) is 0 Å². The van der Waals surface area contributed by atoms with E-state index in [4.69, 9.17) is 16.3 Å². The van der Waals surface area contributed by atoms with Crippen LogP contribution >= 0.6 is 11.6 Å². The Kier molecular flexibility index (Phi) is 5.91. The molecule has 0 radical (unpaired) electrons. The second kappa shape index (κ2) is 8.54. The van der Waals surface area contributed by atoms with E-state index in [2.05, 4.69) is 10.3 Å². The molecule has 0 saturated heterocycles. The number of benzene rings is 2. The molecule has 2 aromatic carbocycles. The number of carbonyl (C=O) groups excluding carboxylic acids is 2. The summed E-state index contributed by atoms with van der Waals surface area (Å²) in [5.74, 6) is -0.259. The molecule has 0 bridgehead atoms. The van der Waals surface area contributed by atoms with Crippen molar-refractivity contribution in [3.8, 4) is 0 Å². The number of hydrogen-bond acceptors (Lipinski definition) is 5. The van der Waals surface area contributed by atoms with Crippen LogP contribution in [0.15, 0.2) is 66.9 Å². The lowest BCUT2D eigenvalue weighted by Gasteiger charge is -2.18. The number of nitrogens with zero attached hydrogens (tertiary/aromatic N) is 2. The number of halogens is 1. The fourth-order valence-electron chi connectivity index (χ4n) is 2.59. The highest BCUT2D eigenvalue weighted by molar-refractivity contribution is 6.34. The Morgan fingerprint density at radius 3 is 2.50 bits per heavy atom. The topological polar surface area (TPSA) is 71.5 Å². The standard InChI is InChI=1S/C21H18ClN3O3/c1-25(16-6-4-3-5-7-16)19-13-14(10-11-23-19)20(26)24-18-12-15(21(27)28-2)8-9-17(18)22/h3-13H,1-2H3,(H,24,26). The molecule has 0 unspecified atom stereocenters. The molecule has 1 amide bonds. The number of hydrogen-bond donors (Lipinski definition) is 1. The van der Waals surface area contributed by atoms with Gasteiger partial charge in [0, 0.05) is 24.5 Å². The van der Waals surface area contributed by atoms with Gasteiger partial charge in [-0.15, -0.1) is 0 Å². The fraction of sp³-hybridized carbons (Fsp3) is 0.0952. The molecule has 0 saturated carbocycles. The molecule has 3 aromatic rings. The highest BCUT2D eigenvalue weighted by atomic mass is 35.5. The number of rotatable bonds is 5. The number of carbonyl (C=O) groups is 2. The lowest BCUT2D eigenvalue weighted by atomic mass is 10.2. The SMILES string of the molecule is COC(=O)c1ccc(Cl)c(NC(=O)c2ccnc(N(C)c3ccccc3)c2)c1. The van der Waals surface area contributed by atoms with E-state index in [0.717, 1.165) is 5.69 Å². The van der Waals surface area contributed by atoms with Crippen LogP contribution in [-0.4, -0.2) is 31.0 Å². The molecular formula is C21H18ClN3O3. The molecule has 0 atom stereocenters. The maximum Gasteiger partial charge on any atom is 0.337 e. The van der Waals surface area contributed by atoms with Crippen LogP contribution < -0.4 is 10.2 Å². The maximum atomic E-state index is 12.7. The Morgan fingerprint density at radius 2 is 1.79 bits per heavy atom. The van der Waals surface area contributed by atoms with Gasteiger partial charge in [0.05, 0.1) is 23.4 Å². The van der Waals surface area contributed by atoms with Gasteiger partial charge >= 0.3 is 5.97 Å². The summed E-state index contributed by atoms with van der Waals surface area (Å²) < 4.78 is 4.70. The van der Waals surface area contributed by atoms with Crippen LogP contribution in [0.25, 0.3) is 0 Å². The Bertz CT molecular complexity index is 1010. The third kappa shape index (κ3) is 4.29. The molecule has 1 heterocycles. The van der Waals surface area contributed by atoms with Crippen molar-refractivity contribution in [2.24, 2.45) is 0 Å². The summed E-state index contributed by atoms with van der Waals surface area (Å²) in [5.41, 5.74) is 1.97.